The Balaban J connectivity index is 2.08. The molecule has 2 aliphatic rings. The van der Waals surface area contributed by atoms with Crippen LogP contribution in [0.25, 0.3) is 0 Å². The molecule has 1 aliphatic carbocycles. The van der Waals surface area contributed by atoms with Crippen molar-refractivity contribution in [3.63, 3.8) is 0 Å². The highest BCUT2D eigenvalue weighted by molar-refractivity contribution is 5.42. The van der Waals surface area contributed by atoms with Crippen molar-refractivity contribution in [3.05, 3.63) is 34.9 Å². The predicted molar refractivity (Wildman–Crippen MR) is 58.5 cm³/mol. The summed E-state index contributed by atoms with van der Waals surface area (Å²) >= 11 is 0. The summed E-state index contributed by atoms with van der Waals surface area (Å²) in [4.78, 5) is 2.46. The number of likely N-dealkylation sites (N-methyl/N-ethyl adjacent to an activating group) is 1. The van der Waals surface area contributed by atoms with Crippen molar-refractivity contribution in [1.82, 2.24) is 4.90 Å². The molecule has 0 aromatic heterocycles. The molecule has 0 bridgehead atoms. The quantitative estimate of drug-likeness (QED) is 0.681. The minimum absolute atomic E-state index is 0.322. The van der Waals surface area contributed by atoms with Crippen LogP contribution in [0.5, 0.6) is 0 Å². The number of hydrogen-bond donors (Lipinski definition) is 0. The van der Waals surface area contributed by atoms with Gasteiger partial charge in [-0.2, -0.15) is 0 Å². The third kappa shape index (κ3) is 1.24. The second-order valence-electron chi connectivity index (χ2n) is 4.83. The lowest BCUT2D eigenvalue weighted by molar-refractivity contribution is 0.208. The molecule has 15 heavy (non-hydrogen) atoms. The Morgan fingerprint density at radius 3 is 2.87 bits per heavy atom. The molecule has 2 heteroatoms. The molecule has 1 spiro atoms. The maximum atomic E-state index is 12.6. The molecule has 0 unspecified atom stereocenters. The molecule has 1 aromatic rings. The Kier molecular flexibility index (Phi) is 1.90. The van der Waals surface area contributed by atoms with Crippen LogP contribution in [0.15, 0.2) is 18.2 Å². The zero-order valence-corrected chi connectivity index (χ0v) is 9.09. The normalized spacial score (nSPS) is 22.8. The van der Waals surface area contributed by atoms with E-state index in [1.54, 1.807) is 0 Å². The van der Waals surface area contributed by atoms with Crippen LogP contribution in [0.3, 0.4) is 0 Å². The maximum absolute atomic E-state index is 12.6. The summed E-state index contributed by atoms with van der Waals surface area (Å²) in [7, 11) is 2.21. The molecule has 3 rings (SSSR count). The monoisotopic (exact) mass is 205 g/mol. The number of alkyl halides is 1. The van der Waals surface area contributed by atoms with Crippen LogP contribution in [0.4, 0.5) is 4.39 Å². The van der Waals surface area contributed by atoms with E-state index in [4.69, 9.17) is 0 Å². The Labute approximate surface area is 89.9 Å². The van der Waals surface area contributed by atoms with Gasteiger partial charge in [0.1, 0.15) is 6.67 Å². The van der Waals surface area contributed by atoms with Gasteiger partial charge in [0, 0.05) is 12.1 Å². The van der Waals surface area contributed by atoms with Gasteiger partial charge in [-0.05, 0) is 43.0 Å². The first-order chi connectivity index (χ1) is 7.26. The van der Waals surface area contributed by atoms with E-state index in [-0.39, 0.29) is 6.67 Å². The van der Waals surface area contributed by atoms with Gasteiger partial charge in [-0.3, -0.25) is 4.90 Å². The van der Waals surface area contributed by atoms with Crippen molar-refractivity contribution in [1.29, 1.82) is 0 Å². The fraction of sp³-hybridized carbons (Fsp3) is 0.538. The smallest absolute Gasteiger partial charge is 0.115 e. The van der Waals surface area contributed by atoms with Gasteiger partial charge in [-0.25, -0.2) is 4.39 Å². The lowest BCUT2D eigenvalue weighted by Crippen LogP contribution is -2.38. The van der Waals surface area contributed by atoms with Crippen molar-refractivity contribution in [3.8, 4) is 0 Å². The van der Waals surface area contributed by atoms with E-state index < -0.39 is 0 Å². The van der Waals surface area contributed by atoms with Crippen LogP contribution in [0.1, 0.15) is 29.5 Å². The van der Waals surface area contributed by atoms with Crippen LogP contribution in [0, 0.1) is 0 Å². The average Bonchev–Trinajstić information content (AvgIpc) is 3.05. The van der Waals surface area contributed by atoms with E-state index >= 15 is 0 Å². The molecule has 0 radical (unpaired) electrons. The summed E-state index contributed by atoms with van der Waals surface area (Å²) in [6.07, 6.45) is 3.61. The van der Waals surface area contributed by atoms with Gasteiger partial charge in [-0.1, -0.05) is 18.2 Å². The molecule has 1 aromatic carbocycles. The third-order valence-corrected chi connectivity index (χ3v) is 4.00. The summed E-state index contributed by atoms with van der Waals surface area (Å²) in [5, 5.41) is 0. The molecule has 0 amide bonds. The predicted octanol–water partition coefficient (Wildman–Crippen LogP) is 2.63. The number of nitrogens with zero attached hydrogens (tertiary/aromatic N) is 1. The highest BCUT2D eigenvalue weighted by atomic mass is 19.1. The van der Waals surface area contributed by atoms with Crippen LogP contribution in [0.2, 0.25) is 0 Å². The molecule has 1 aliphatic heterocycles. The number of hydrogen-bond acceptors (Lipinski definition) is 1. The molecule has 0 atom stereocenters. The van der Waals surface area contributed by atoms with E-state index in [1.165, 1.54) is 24.0 Å². The first-order valence-corrected chi connectivity index (χ1v) is 5.66. The summed E-state index contributed by atoms with van der Waals surface area (Å²) in [6.45, 7) is 0.777. The van der Waals surface area contributed by atoms with Gasteiger partial charge in [-0.15, -0.1) is 0 Å². The molecular formula is C13H16FN. The van der Waals surface area contributed by atoms with Gasteiger partial charge >= 0.3 is 0 Å². The van der Waals surface area contributed by atoms with Crippen molar-refractivity contribution in [2.75, 3.05) is 13.6 Å². The van der Waals surface area contributed by atoms with Crippen LogP contribution in [-0.2, 0) is 18.6 Å². The summed E-state index contributed by atoms with van der Waals surface area (Å²) < 4.78 is 12.6. The highest BCUT2D eigenvalue weighted by Gasteiger charge is 2.50. The summed E-state index contributed by atoms with van der Waals surface area (Å²) in [5.41, 5.74) is 3.98. The topological polar surface area (TPSA) is 3.24 Å². The number of rotatable bonds is 1. The van der Waals surface area contributed by atoms with Crippen molar-refractivity contribution in [2.24, 2.45) is 0 Å². The molecule has 1 fully saturated rings. The first kappa shape index (κ1) is 9.34. The van der Waals surface area contributed by atoms with Crippen molar-refractivity contribution >= 4 is 0 Å². The van der Waals surface area contributed by atoms with Gasteiger partial charge in [0.25, 0.3) is 0 Å². The fourth-order valence-electron chi connectivity index (χ4n) is 2.87. The minimum atomic E-state index is -0.337. The van der Waals surface area contributed by atoms with Gasteiger partial charge in [0.15, 0.2) is 0 Å². The highest BCUT2D eigenvalue weighted by Crippen LogP contribution is 2.53. The number of halogens is 1. The second-order valence-corrected chi connectivity index (χ2v) is 4.83. The maximum Gasteiger partial charge on any atom is 0.115 e. The zero-order valence-electron chi connectivity index (χ0n) is 9.09. The number of fused-ring (bicyclic) bond motifs is 2. The summed E-state index contributed by atoms with van der Waals surface area (Å²) in [5.74, 6) is 0. The largest absolute Gasteiger partial charge is 0.296 e. The SMILES string of the molecule is CN1CCc2cc(CF)ccc2C12CC2. The second kappa shape index (κ2) is 3.05. The number of benzene rings is 1. The van der Waals surface area contributed by atoms with Crippen LogP contribution >= 0.6 is 0 Å². The molecular weight excluding hydrogens is 189 g/mol. The average molecular weight is 205 g/mol. The zero-order chi connectivity index (χ0) is 10.5. The molecule has 0 saturated heterocycles. The Morgan fingerprint density at radius 2 is 2.20 bits per heavy atom. The molecule has 1 saturated carbocycles. The summed E-state index contributed by atoms with van der Waals surface area (Å²) in [6, 6.07) is 6.15. The van der Waals surface area contributed by atoms with Gasteiger partial charge in [0.05, 0.1) is 0 Å². The molecule has 1 nitrogen and oxygen atoms in total. The standard InChI is InChI=1S/C13H16FN/c1-15-7-4-11-8-10(9-14)2-3-12(11)13(15)5-6-13/h2-3,8H,4-7,9H2,1H3. The van der Waals surface area contributed by atoms with Gasteiger partial charge < -0.3 is 0 Å². The lowest BCUT2D eigenvalue weighted by atomic mass is 9.90. The fourth-order valence-corrected chi connectivity index (χ4v) is 2.87. The Hall–Kier alpha value is -0.890. The van der Waals surface area contributed by atoms with E-state index in [1.807, 2.05) is 6.07 Å². The molecule has 80 valence electrons. The van der Waals surface area contributed by atoms with Crippen LogP contribution < -0.4 is 0 Å². The van der Waals surface area contributed by atoms with E-state index in [9.17, 15) is 4.39 Å². The third-order valence-electron chi connectivity index (χ3n) is 4.00. The van der Waals surface area contributed by atoms with E-state index in [0.717, 1.165) is 18.5 Å². The lowest BCUT2D eigenvalue weighted by Gasteiger charge is -2.35. The Morgan fingerprint density at radius 1 is 1.40 bits per heavy atom. The van der Waals surface area contributed by atoms with Crippen molar-refractivity contribution < 1.29 is 4.39 Å². The molecule has 0 N–H and O–H groups in total. The van der Waals surface area contributed by atoms with Gasteiger partial charge in [0.2, 0.25) is 0 Å². The van der Waals surface area contributed by atoms with Crippen molar-refractivity contribution in [2.45, 2.75) is 31.5 Å². The van der Waals surface area contributed by atoms with E-state index in [2.05, 4.69) is 24.1 Å². The Bertz CT molecular complexity index is 396. The first-order valence-electron chi connectivity index (χ1n) is 5.66. The molecule has 1 heterocycles. The van der Waals surface area contributed by atoms with Crippen LogP contribution in [-0.4, -0.2) is 18.5 Å². The minimum Gasteiger partial charge on any atom is -0.296 e. The van der Waals surface area contributed by atoms with E-state index in [0.29, 0.717) is 5.54 Å².